The van der Waals surface area contributed by atoms with Gasteiger partial charge >= 0.3 is 0 Å². The number of aryl methyl sites for hydroxylation is 1. The standard InChI is InChI=1S/C26H25N9/c1-19-23(30-31-26-29-24(32-35(19)26)21-10-6-3-7-11-21)22-12-13-27-25(28-22)34-16-14-33(15-17-34)18-20-8-4-2-5-9-20/h2-13H,14-18H2,1H3. The van der Waals surface area contributed by atoms with Crippen LogP contribution in [0.3, 0.4) is 0 Å². The molecule has 1 fully saturated rings. The average Bonchev–Trinajstić information content (AvgIpc) is 3.36. The van der Waals surface area contributed by atoms with Crippen LogP contribution in [0, 0.1) is 6.92 Å². The van der Waals surface area contributed by atoms with E-state index in [4.69, 9.17) is 4.98 Å². The van der Waals surface area contributed by atoms with E-state index < -0.39 is 0 Å². The summed E-state index contributed by atoms with van der Waals surface area (Å²) in [5.74, 6) is 1.80. The van der Waals surface area contributed by atoms with E-state index >= 15 is 0 Å². The van der Waals surface area contributed by atoms with Gasteiger partial charge in [-0.2, -0.15) is 9.50 Å². The summed E-state index contributed by atoms with van der Waals surface area (Å²) in [5, 5.41) is 13.4. The highest BCUT2D eigenvalue weighted by atomic mass is 15.4. The molecule has 0 atom stereocenters. The molecule has 9 heteroatoms. The minimum atomic E-state index is 0.467. The van der Waals surface area contributed by atoms with Crippen molar-refractivity contribution in [2.45, 2.75) is 13.5 Å². The Hall–Kier alpha value is -4.24. The molecular weight excluding hydrogens is 438 g/mol. The largest absolute Gasteiger partial charge is 0.338 e. The second kappa shape index (κ2) is 9.19. The molecule has 0 aliphatic carbocycles. The van der Waals surface area contributed by atoms with Crippen LogP contribution in [-0.2, 0) is 6.54 Å². The molecule has 9 nitrogen and oxygen atoms in total. The van der Waals surface area contributed by atoms with Gasteiger partial charge in [0.05, 0.1) is 11.4 Å². The Balaban J connectivity index is 1.22. The fourth-order valence-electron chi connectivity index (χ4n) is 4.39. The second-order valence-electron chi connectivity index (χ2n) is 8.64. The highest BCUT2D eigenvalue weighted by Gasteiger charge is 2.21. The van der Waals surface area contributed by atoms with Crippen LogP contribution in [0.5, 0.6) is 0 Å². The fraction of sp³-hybridized carbons (Fsp3) is 0.231. The molecule has 0 spiro atoms. The smallest absolute Gasteiger partial charge is 0.272 e. The molecule has 1 aliphatic rings. The molecule has 0 bridgehead atoms. The topological polar surface area (TPSA) is 88.2 Å². The molecule has 4 heterocycles. The van der Waals surface area contributed by atoms with E-state index in [-0.39, 0.29) is 0 Å². The van der Waals surface area contributed by atoms with E-state index in [9.17, 15) is 0 Å². The van der Waals surface area contributed by atoms with E-state index in [0.29, 0.717) is 23.2 Å². The van der Waals surface area contributed by atoms with Gasteiger partial charge in [0, 0.05) is 44.5 Å². The van der Waals surface area contributed by atoms with E-state index in [2.05, 4.69) is 65.4 Å². The van der Waals surface area contributed by atoms with Gasteiger partial charge in [0.15, 0.2) is 5.82 Å². The first kappa shape index (κ1) is 21.3. The van der Waals surface area contributed by atoms with Gasteiger partial charge in [0.2, 0.25) is 5.95 Å². The van der Waals surface area contributed by atoms with E-state index in [0.717, 1.165) is 49.7 Å². The molecule has 6 rings (SSSR count). The average molecular weight is 464 g/mol. The molecule has 0 unspecified atom stereocenters. The first-order valence-corrected chi connectivity index (χ1v) is 11.7. The van der Waals surface area contributed by atoms with Crippen molar-refractivity contribution in [3.63, 3.8) is 0 Å². The van der Waals surface area contributed by atoms with Crippen LogP contribution >= 0.6 is 0 Å². The molecule has 0 saturated carbocycles. The van der Waals surface area contributed by atoms with Crippen LogP contribution in [0.2, 0.25) is 0 Å². The van der Waals surface area contributed by atoms with Crippen molar-refractivity contribution in [3.05, 3.63) is 84.2 Å². The van der Waals surface area contributed by atoms with Crippen LogP contribution in [0.25, 0.3) is 28.6 Å². The van der Waals surface area contributed by atoms with E-state index in [1.54, 1.807) is 10.7 Å². The van der Waals surface area contributed by atoms with Crippen molar-refractivity contribution in [1.29, 1.82) is 0 Å². The molecule has 0 N–H and O–H groups in total. The number of piperazine rings is 1. The lowest BCUT2D eigenvalue weighted by Crippen LogP contribution is -2.46. The summed E-state index contributed by atoms with van der Waals surface area (Å²) in [6, 6.07) is 22.3. The summed E-state index contributed by atoms with van der Waals surface area (Å²) in [4.78, 5) is 18.6. The molecule has 2 aromatic carbocycles. The van der Waals surface area contributed by atoms with Gasteiger partial charge in [-0.25, -0.2) is 9.97 Å². The minimum Gasteiger partial charge on any atom is -0.338 e. The number of fused-ring (bicyclic) bond motifs is 1. The normalized spacial score (nSPS) is 14.5. The van der Waals surface area contributed by atoms with Crippen molar-refractivity contribution in [3.8, 4) is 22.8 Å². The number of anilines is 1. The van der Waals surface area contributed by atoms with Crippen LogP contribution in [0.15, 0.2) is 72.9 Å². The first-order chi connectivity index (χ1) is 17.2. The summed E-state index contributed by atoms with van der Waals surface area (Å²) in [6.45, 7) is 6.62. The number of rotatable bonds is 5. The predicted molar refractivity (Wildman–Crippen MR) is 134 cm³/mol. The monoisotopic (exact) mass is 463 g/mol. The third-order valence-corrected chi connectivity index (χ3v) is 6.31. The molecule has 1 aliphatic heterocycles. The second-order valence-corrected chi connectivity index (χ2v) is 8.64. The molecule has 3 aromatic heterocycles. The Bertz CT molecular complexity index is 1440. The number of hydrogen-bond donors (Lipinski definition) is 0. The van der Waals surface area contributed by atoms with Gasteiger partial charge in [-0.1, -0.05) is 60.7 Å². The van der Waals surface area contributed by atoms with E-state index in [1.165, 1.54) is 5.56 Å². The SMILES string of the molecule is Cc1c(-c2ccnc(N3CCN(Cc4ccccc4)CC3)n2)nnc2nc(-c3ccccc3)nn12. The first-order valence-electron chi connectivity index (χ1n) is 11.7. The Kier molecular flexibility index (Phi) is 5.59. The molecule has 5 aromatic rings. The highest BCUT2D eigenvalue weighted by molar-refractivity contribution is 5.61. The zero-order valence-corrected chi connectivity index (χ0v) is 19.5. The van der Waals surface area contributed by atoms with Crippen molar-refractivity contribution < 1.29 is 0 Å². The zero-order valence-electron chi connectivity index (χ0n) is 19.5. The van der Waals surface area contributed by atoms with Gasteiger partial charge in [-0.15, -0.1) is 15.3 Å². The van der Waals surface area contributed by atoms with Crippen LogP contribution in [-0.4, -0.2) is 65.8 Å². The van der Waals surface area contributed by atoms with Crippen molar-refractivity contribution in [2.24, 2.45) is 0 Å². The van der Waals surface area contributed by atoms with Crippen LogP contribution in [0.1, 0.15) is 11.3 Å². The van der Waals surface area contributed by atoms with Crippen molar-refractivity contribution >= 4 is 11.7 Å². The summed E-state index contributed by atoms with van der Waals surface area (Å²) < 4.78 is 1.73. The Morgan fingerprint density at radius 2 is 1.54 bits per heavy atom. The lowest BCUT2D eigenvalue weighted by atomic mass is 10.2. The van der Waals surface area contributed by atoms with Gasteiger partial charge in [0.25, 0.3) is 5.78 Å². The quantitative estimate of drug-likeness (QED) is 0.392. The zero-order chi connectivity index (χ0) is 23.6. The maximum Gasteiger partial charge on any atom is 0.272 e. The maximum atomic E-state index is 4.84. The minimum absolute atomic E-state index is 0.467. The number of benzene rings is 2. The van der Waals surface area contributed by atoms with Crippen molar-refractivity contribution in [2.75, 3.05) is 31.1 Å². The Morgan fingerprint density at radius 1 is 0.800 bits per heavy atom. The van der Waals surface area contributed by atoms with Gasteiger partial charge in [-0.3, -0.25) is 4.90 Å². The fourth-order valence-corrected chi connectivity index (χ4v) is 4.39. The Morgan fingerprint density at radius 3 is 2.31 bits per heavy atom. The summed E-state index contributed by atoms with van der Waals surface area (Å²) in [6.07, 6.45) is 1.79. The van der Waals surface area contributed by atoms with Gasteiger partial charge < -0.3 is 4.90 Å². The Labute approximate surface area is 203 Å². The number of aromatic nitrogens is 7. The molecule has 0 radical (unpaired) electrons. The summed E-state index contributed by atoms with van der Waals surface area (Å²) in [7, 11) is 0. The molecule has 0 amide bonds. The van der Waals surface area contributed by atoms with Gasteiger partial charge in [0.1, 0.15) is 5.69 Å². The van der Waals surface area contributed by atoms with Crippen LogP contribution in [0.4, 0.5) is 5.95 Å². The van der Waals surface area contributed by atoms with Gasteiger partial charge in [-0.05, 0) is 18.6 Å². The summed E-state index contributed by atoms with van der Waals surface area (Å²) in [5.41, 5.74) is 4.52. The lowest BCUT2D eigenvalue weighted by Gasteiger charge is -2.34. The van der Waals surface area contributed by atoms with E-state index in [1.807, 2.05) is 43.3 Å². The number of hydrogen-bond acceptors (Lipinski definition) is 8. The maximum absolute atomic E-state index is 4.84. The van der Waals surface area contributed by atoms with Crippen LogP contribution < -0.4 is 4.90 Å². The number of nitrogens with zero attached hydrogens (tertiary/aromatic N) is 9. The molecule has 35 heavy (non-hydrogen) atoms. The molecule has 174 valence electrons. The van der Waals surface area contributed by atoms with Crippen molar-refractivity contribution in [1.82, 2.24) is 39.7 Å². The highest BCUT2D eigenvalue weighted by Crippen LogP contribution is 2.23. The lowest BCUT2D eigenvalue weighted by molar-refractivity contribution is 0.248. The third-order valence-electron chi connectivity index (χ3n) is 6.31. The predicted octanol–water partition coefficient (Wildman–Crippen LogP) is 3.27. The summed E-state index contributed by atoms with van der Waals surface area (Å²) >= 11 is 0. The molecule has 1 saturated heterocycles. The molecular formula is C26H25N9. The third kappa shape index (κ3) is 4.33.